The van der Waals surface area contributed by atoms with Crippen LogP contribution in [0.4, 0.5) is 0 Å². The monoisotopic (exact) mass is 298 g/mol. The molecule has 0 fully saturated rings. The number of benzene rings is 1. The number of ether oxygens (including phenoxy) is 1. The van der Waals surface area contributed by atoms with Crippen LogP contribution in [-0.4, -0.2) is 32.4 Å². The van der Waals surface area contributed by atoms with Crippen molar-refractivity contribution in [1.29, 1.82) is 0 Å². The molecule has 0 saturated heterocycles. The Balaban J connectivity index is 2.54. The van der Waals surface area contributed by atoms with Crippen molar-refractivity contribution in [1.82, 2.24) is 4.31 Å². The van der Waals surface area contributed by atoms with Gasteiger partial charge in [0.15, 0.2) is 0 Å². The molecule has 1 unspecified atom stereocenters. The maximum absolute atomic E-state index is 12.6. The molecule has 20 heavy (non-hydrogen) atoms. The first kappa shape index (κ1) is 15.3. The molecular weight excluding hydrogens is 276 g/mol. The Hall–Kier alpha value is -1.11. The van der Waals surface area contributed by atoms with Crippen LogP contribution in [0.5, 0.6) is 5.75 Å². The zero-order chi connectivity index (χ0) is 14.9. The van der Waals surface area contributed by atoms with Crippen LogP contribution in [0.15, 0.2) is 17.0 Å². The summed E-state index contributed by atoms with van der Waals surface area (Å²) < 4.78 is 32.2. The highest BCUT2D eigenvalue weighted by Crippen LogP contribution is 2.36. The molecule has 1 aliphatic rings. The average molecular weight is 298 g/mol. The first-order valence-electron chi connectivity index (χ1n) is 6.94. The lowest BCUT2D eigenvalue weighted by Gasteiger charge is -2.26. The van der Waals surface area contributed by atoms with Crippen molar-refractivity contribution >= 4 is 10.0 Å². The van der Waals surface area contributed by atoms with E-state index in [0.717, 1.165) is 16.9 Å². The van der Waals surface area contributed by atoms with Crippen molar-refractivity contribution in [3.8, 4) is 5.75 Å². The topological polar surface area (TPSA) is 72.6 Å². The number of hydrogen-bond acceptors (Lipinski definition) is 4. The van der Waals surface area contributed by atoms with Gasteiger partial charge in [-0.1, -0.05) is 13.8 Å². The maximum atomic E-state index is 12.6. The molecule has 1 aromatic carbocycles. The summed E-state index contributed by atoms with van der Waals surface area (Å²) in [6.45, 7) is 7.02. The molecule has 0 aliphatic carbocycles. The van der Waals surface area contributed by atoms with E-state index in [0.29, 0.717) is 31.0 Å². The molecule has 2 rings (SSSR count). The van der Waals surface area contributed by atoms with Gasteiger partial charge >= 0.3 is 0 Å². The van der Waals surface area contributed by atoms with Gasteiger partial charge in [-0.05, 0) is 24.6 Å². The second kappa shape index (κ2) is 5.71. The minimum Gasteiger partial charge on any atom is -0.493 e. The summed E-state index contributed by atoms with van der Waals surface area (Å²) in [6, 6.07) is 3.17. The van der Waals surface area contributed by atoms with Crippen molar-refractivity contribution in [2.24, 2.45) is 5.73 Å². The van der Waals surface area contributed by atoms with Crippen LogP contribution < -0.4 is 10.5 Å². The van der Waals surface area contributed by atoms with E-state index in [9.17, 15) is 8.42 Å². The summed E-state index contributed by atoms with van der Waals surface area (Å²) in [6.07, 6.45) is 0.710. The fourth-order valence-corrected chi connectivity index (χ4v) is 4.12. The Kier molecular flexibility index (Phi) is 4.36. The van der Waals surface area contributed by atoms with Crippen molar-refractivity contribution in [3.05, 3.63) is 23.3 Å². The Labute approximate surface area is 120 Å². The van der Waals surface area contributed by atoms with Crippen LogP contribution in [0.3, 0.4) is 0 Å². The molecule has 1 aliphatic heterocycles. The maximum Gasteiger partial charge on any atom is 0.243 e. The fourth-order valence-electron chi connectivity index (χ4n) is 2.54. The van der Waals surface area contributed by atoms with Gasteiger partial charge in [0.05, 0.1) is 11.5 Å². The predicted octanol–water partition coefficient (Wildman–Crippen LogP) is 1.81. The lowest BCUT2D eigenvalue weighted by Crippen LogP contribution is -2.31. The number of hydrogen-bond donors (Lipinski definition) is 1. The van der Waals surface area contributed by atoms with E-state index >= 15 is 0 Å². The fraction of sp³-hybridized carbons (Fsp3) is 0.571. The highest BCUT2D eigenvalue weighted by atomic mass is 32.2. The lowest BCUT2D eigenvalue weighted by atomic mass is 9.99. The molecule has 1 heterocycles. The summed E-state index contributed by atoms with van der Waals surface area (Å²) in [5, 5.41) is 0. The zero-order valence-corrected chi connectivity index (χ0v) is 13.0. The molecule has 0 radical (unpaired) electrons. The molecule has 1 aromatic rings. The Morgan fingerprint density at radius 2 is 2.00 bits per heavy atom. The van der Waals surface area contributed by atoms with Crippen LogP contribution in [-0.2, 0) is 10.0 Å². The van der Waals surface area contributed by atoms with Gasteiger partial charge in [-0.25, -0.2) is 8.42 Å². The predicted molar refractivity (Wildman–Crippen MR) is 78.3 cm³/mol. The first-order chi connectivity index (χ1) is 9.41. The molecular formula is C14H22N2O3S. The van der Waals surface area contributed by atoms with E-state index in [4.69, 9.17) is 10.5 Å². The van der Waals surface area contributed by atoms with Gasteiger partial charge in [0, 0.05) is 31.1 Å². The number of aryl methyl sites for hydroxylation is 1. The van der Waals surface area contributed by atoms with Gasteiger partial charge in [-0.3, -0.25) is 0 Å². The minimum absolute atomic E-state index is 0.163. The number of rotatable bonds is 4. The average Bonchev–Trinajstić information content (AvgIpc) is 2.40. The lowest BCUT2D eigenvalue weighted by molar-refractivity contribution is 0.266. The smallest absolute Gasteiger partial charge is 0.243 e. The third kappa shape index (κ3) is 2.55. The molecule has 1 atom stereocenters. The molecule has 112 valence electrons. The van der Waals surface area contributed by atoms with Crippen molar-refractivity contribution in [2.75, 3.05) is 19.7 Å². The first-order valence-corrected chi connectivity index (χ1v) is 8.38. The third-order valence-corrected chi connectivity index (χ3v) is 5.72. The molecule has 6 heteroatoms. The summed E-state index contributed by atoms with van der Waals surface area (Å²) in [5.41, 5.74) is 7.70. The third-order valence-electron chi connectivity index (χ3n) is 3.69. The van der Waals surface area contributed by atoms with E-state index in [1.54, 1.807) is 12.1 Å². The zero-order valence-electron chi connectivity index (χ0n) is 12.2. The quantitative estimate of drug-likeness (QED) is 0.920. The van der Waals surface area contributed by atoms with Gasteiger partial charge in [-0.15, -0.1) is 0 Å². The second-order valence-electron chi connectivity index (χ2n) is 4.99. The molecule has 0 amide bonds. The van der Waals surface area contributed by atoms with Gasteiger partial charge in [0.1, 0.15) is 5.75 Å². The number of sulfonamides is 1. The molecule has 0 spiro atoms. The Morgan fingerprint density at radius 3 is 2.60 bits per heavy atom. The van der Waals surface area contributed by atoms with Gasteiger partial charge in [0.2, 0.25) is 10.0 Å². The molecule has 0 bridgehead atoms. The molecule has 0 saturated carbocycles. The van der Waals surface area contributed by atoms with Crippen molar-refractivity contribution < 1.29 is 13.2 Å². The van der Waals surface area contributed by atoms with E-state index in [1.165, 1.54) is 4.31 Å². The summed E-state index contributed by atoms with van der Waals surface area (Å²) in [4.78, 5) is 0.304. The van der Waals surface area contributed by atoms with Gasteiger partial charge < -0.3 is 10.5 Å². The van der Waals surface area contributed by atoms with Crippen LogP contribution in [0.2, 0.25) is 0 Å². The Bertz CT molecular complexity index is 595. The van der Waals surface area contributed by atoms with Crippen LogP contribution >= 0.6 is 0 Å². The molecule has 5 nitrogen and oxygen atoms in total. The summed E-state index contributed by atoms with van der Waals surface area (Å²) in [5.74, 6) is 0.738. The van der Waals surface area contributed by atoms with E-state index < -0.39 is 10.0 Å². The summed E-state index contributed by atoms with van der Waals surface area (Å²) >= 11 is 0. The van der Waals surface area contributed by atoms with E-state index in [-0.39, 0.29) is 6.04 Å². The Morgan fingerprint density at radius 1 is 1.35 bits per heavy atom. The van der Waals surface area contributed by atoms with Crippen molar-refractivity contribution in [3.63, 3.8) is 0 Å². The standard InChI is InChI=1S/C14H22N2O3S/c1-4-16(5-2)20(17,18)11-8-10(3)14-12(9-11)13(15)6-7-19-14/h8-9,13H,4-7,15H2,1-3H3. The number of fused-ring (bicyclic) bond motifs is 1. The summed E-state index contributed by atoms with van der Waals surface area (Å²) in [7, 11) is -3.46. The van der Waals surface area contributed by atoms with Crippen LogP contribution in [0.1, 0.15) is 37.4 Å². The normalized spacial score (nSPS) is 18.8. The minimum atomic E-state index is -3.46. The van der Waals surface area contributed by atoms with Crippen LogP contribution in [0, 0.1) is 6.92 Å². The van der Waals surface area contributed by atoms with Crippen LogP contribution in [0.25, 0.3) is 0 Å². The second-order valence-corrected chi connectivity index (χ2v) is 6.93. The van der Waals surface area contributed by atoms with E-state index in [1.807, 2.05) is 20.8 Å². The molecule has 2 N–H and O–H groups in total. The molecule has 0 aromatic heterocycles. The highest BCUT2D eigenvalue weighted by Gasteiger charge is 2.27. The van der Waals surface area contributed by atoms with E-state index in [2.05, 4.69) is 0 Å². The SMILES string of the molecule is CCN(CC)S(=O)(=O)c1cc(C)c2c(c1)C(N)CCO2. The highest BCUT2D eigenvalue weighted by molar-refractivity contribution is 7.89. The largest absolute Gasteiger partial charge is 0.493 e. The van der Waals surface area contributed by atoms with Gasteiger partial charge in [0.25, 0.3) is 0 Å². The van der Waals surface area contributed by atoms with Gasteiger partial charge in [-0.2, -0.15) is 4.31 Å². The van der Waals surface area contributed by atoms with Crippen molar-refractivity contribution in [2.45, 2.75) is 38.1 Å². The number of nitrogens with zero attached hydrogens (tertiary/aromatic N) is 1. The number of nitrogens with two attached hydrogens (primary N) is 1.